The lowest BCUT2D eigenvalue weighted by Gasteiger charge is -2.21. The Bertz CT molecular complexity index is 503. The molecule has 0 radical (unpaired) electrons. The van der Waals surface area contributed by atoms with E-state index >= 15 is 0 Å². The molecule has 0 bridgehead atoms. The molecule has 2 N–H and O–H groups in total. The average molecular weight is 357 g/mol. The molecule has 1 atom stereocenters. The molecule has 1 aromatic carbocycles. The van der Waals surface area contributed by atoms with E-state index in [0.717, 1.165) is 11.5 Å². The van der Waals surface area contributed by atoms with Crippen LogP contribution in [0.2, 0.25) is 0 Å². The van der Waals surface area contributed by atoms with Gasteiger partial charge in [0.25, 0.3) is 0 Å². The first-order valence-electron chi connectivity index (χ1n) is 7.26. The molecule has 23 heavy (non-hydrogen) atoms. The number of ether oxygens (including phenoxy) is 1. The highest BCUT2D eigenvalue weighted by Gasteiger charge is 2.23. The molecule has 1 rings (SSSR count). The minimum absolute atomic E-state index is 0.309. The molecule has 0 aliphatic carbocycles. The molecule has 0 spiro atoms. The molecule has 0 aromatic heterocycles. The number of aliphatic carboxylic acids is 1. The summed E-state index contributed by atoms with van der Waals surface area (Å²) < 4.78 is 5.08. The third kappa shape index (κ3) is 9.40. The van der Waals surface area contributed by atoms with Gasteiger partial charge in [-0.2, -0.15) is 11.8 Å². The molecule has 0 fully saturated rings. The topological polar surface area (TPSA) is 75.6 Å². The lowest BCUT2D eigenvalue weighted by Crippen LogP contribution is -2.45. The second kappa shape index (κ2) is 9.72. The normalized spacial score (nSPS) is 12.5. The van der Waals surface area contributed by atoms with Crippen LogP contribution in [0.4, 0.5) is 4.79 Å². The molecule has 128 valence electrons. The van der Waals surface area contributed by atoms with Crippen LogP contribution in [0.15, 0.2) is 35.2 Å². The van der Waals surface area contributed by atoms with Gasteiger partial charge in [-0.05, 0) is 32.9 Å². The fourth-order valence-electron chi connectivity index (χ4n) is 1.56. The van der Waals surface area contributed by atoms with Gasteiger partial charge in [-0.15, -0.1) is 11.8 Å². The van der Waals surface area contributed by atoms with Gasteiger partial charge in [-0.25, -0.2) is 9.59 Å². The molecule has 0 saturated heterocycles. The van der Waals surface area contributed by atoms with Gasteiger partial charge in [0, 0.05) is 22.2 Å². The Morgan fingerprint density at radius 3 is 2.43 bits per heavy atom. The molecule has 1 amide bonds. The maximum Gasteiger partial charge on any atom is 0.408 e. The van der Waals surface area contributed by atoms with Crippen LogP contribution in [0.5, 0.6) is 0 Å². The van der Waals surface area contributed by atoms with Gasteiger partial charge in [0.2, 0.25) is 0 Å². The van der Waals surface area contributed by atoms with E-state index in [4.69, 9.17) is 9.84 Å². The first-order chi connectivity index (χ1) is 10.8. The van der Waals surface area contributed by atoms with Crippen molar-refractivity contribution in [3.05, 3.63) is 30.3 Å². The molecule has 1 unspecified atom stereocenters. The van der Waals surface area contributed by atoms with Crippen molar-refractivity contribution in [2.75, 3.05) is 17.3 Å². The summed E-state index contributed by atoms with van der Waals surface area (Å²) in [5.74, 6) is 0.940. The summed E-state index contributed by atoms with van der Waals surface area (Å²) in [4.78, 5) is 24.0. The Balaban J connectivity index is 2.28. The SMILES string of the molecule is CC(C)(C)OC(=O)NC(CSCCSc1ccccc1)C(=O)O. The number of benzene rings is 1. The quantitative estimate of drug-likeness (QED) is 0.548. The van der Waals surface area contributed by atoms with Gasteiger partial charge in [-0.3, -0.25) is 0 Å². The van der Waals surface area contributed by atoms with Gasteiger partial charge in [-0.1, -0.05) is 18.2 Å². The van der Waals surface area contributed by atoms with Gasteiger partial charge in [0.15, 0.2) is 0 Å². The van der Waals surface area contributed by atoms with Crippen LogP contribution in [-0.4, -0.2) is 46.1 Å². The van der Waals surface area contributed by atoms with E-state index in [1.165, 1.54) is 16.7 Å². The Labute approximate surface area is 145 Å². The van der Waals surface area contributed by atoms with E-state index in [2.05, 4.69) is 5.32 Å². The van der Waals surface area contributed by atoms with Crippen molar-refractivity contribution in [2.24, 2.45) is 0 Å². The summed E-state index contributed by atoms with van der Waals surface area (Å²) in [6, 6.07) is 9.08. The van der Waals surface area contributed by atoms with Crippen LogP contribution < -0.4 is 5.32 Å². The Hall–Kier alpha value is -1.34. The monoisotopic (exact) mass is 357 g/mol. The number of carboxylic acid groups (broad SMARTS) is 1. The number of hydrogen-bond donors (Lipinski definition) is 2. The van der Waals surface area contributed by atoms with Crippen molar-refractivity contribution in [3.8, 4) is 0 Å². The summed E-state index contributed by atoms with van der Waals surface area (Å²) in [6.07, 6.45) is -0.704. The molecular weight excluding hydrogens is 334 g/mol. The van der Waals surface area contributed by atoms with Crippen molar-refractivity contribution >= 4 is 35.6 Å². The maximum absolute atomic E-state index is 11.6. The van der Waals surface area contributed by atoms with Crippen LogP contribution in [-0.2, 0) is 9.53 Å². The molecule has 7 heteroatoms. The van der Waals surface area contributed by atoms with Crippen LogP contribution in [0.3, 0.4) is 0 Å². The second-order valence-electron chi connectivity index (χ2n) is 5.77. The Morgan fingerprint density at radius 1 is 1.22 bits per heavy atom. The number of hydrogen-bond acceptors (Lipinski definition) is 5. The van der Waals surface area contributed by atoms with Gasteiger partial charge < -0.3 is 15.2 Å². The number of thioether (sulfide) groups is 2. The van der Waals surface area contributed by atoms with E-state index in [1.807, 2.05) is 30.3 Å². The highest BCUT2D eigenvalue weighted by atomic mass is 32.2. The molecule has 1 aromatic rings. The number of carboxylic acids is 1. The van der Waals surface area contributed by atoms with Crippen molar-refractivity contribution < 1.29 is 19.4 Å². The van der Waals surface area contributed by atoms with Crippen LogP contribution in [0, 0.1) is 0 Å². The fourth-order valence-corrected chi connectivity index (χ4v) is 3.58. The smallest absolute Gasteiger partial charge is 0.408 e. The summed E-state index contributed by atoms with van der Waals surface area (Å²) in [6.45, 7) is 5.20. The number of nitrogens with one attached hydrogen (secondary N) is 1. The van der Waals surface area contributed by atoms with Crippen molar-refractivity contribution in [1.82, 2.24) is 5.32 Å². The highest BCUT2D eigenvalue weighted by Crippen LogP contribution is 2.18. The molecular formula is C16H23NO4S2. The number of amides is 1. The molecule has 0 saturated carbocycles. The zero-order valence-electron chi connectivity index (χ0n) is 13.6. The molecule has 0 heterocycles. The fraction of sp³-hybridized carbons (Fsp3) is 0.500. The van der Waals surface area contributed by atoms with Gasteiger partial charge >= 0.3 is 12.1 Å². The first-order valence-corrected chi connectivity index (χ1v) is 9.40. The Morgan fingerprint density at radius 2 is 1.87 bits per heavy atom. The van der Waals surface area contributed by atoms with Crippen LogP contribution >= 0.6 is 23.5 Å². The first kappa shape index (κ1) is 19.7. The third-order valence-electron chi connectivity index (χ3n) is 2.51. The second-order valence-corrected chi connectivity index (χ2v) is 8.09. The van der Waals surface area contributed by atoms with E-state index in [-0.39, 0.29) is 0 Å². The number of carbonyl (C=O) groups is 2. The summed E-state index contributed by atoms with van der Waals surface area (Å²) in [5.41, 5.74) is -0.646. The van der Waals surface area contributed by atoms with E-state index < -0.39 is 23.7 Å². The standard InChI is InChI=1S/C16H23NO4S2/c1-16(2,3)21-15(20)17-13(14(18)19)11-22-9-10-23-12-7-5-4-6-8-12/h4-8,13H,9-11H2,1-3H3,(H,17,20)(H,18,19). The molecule has 0 aliphatic heterocycles. The zero-order chi connectivity index (χ0) is 17.3. The molecule has 0 aliphatic rings. The van der Waals surface area contributed by atoms with E-state index in [1.54, 1.807) is 32.5 Å². The van der Waals surface area contributed by atoms with Crippen molar-refractivity contribution in [2.45, 2.75) is 37.3 Å². The van der Waals surface area contributed by atoms with Crippen LogP contribution in [0.1, 0.15) is 20.8 Å². The van der Waals surface area contributed by atoms with E-state index in [9.17, 15) is 9.59 Å². The van der Waals surface area contributed by atoms with E-state index in [0.29, 0.717) is 5.75 Å². The Kier molecular flexibility index (Phi) is 8.33. The van der Waals surface area contributed by atoms with Crippen LogP contribution in [0.25, 0.3) is 0 Å². The predicted octanol–water partition coefficient (Wildman–Crippen LogP) is 3.49. The molecule has 5 nitrogen and oxygen atoms in total. The van der Waals surface area contributed by atoms with Gasteiger partial charge in [0.05, 0.1) is 0 Å². The number of alkyl carbamates (subject to hydrolysis) is 1. The van der Waals surface area contributed by atoms with Gasteiger partial charge in [0.1, 0.15) is 11.6 Å². The lowest BCUT2D eigenvalue weighted by molar-refractivity contribution is -0.138. The number of rotatable bonds is 8. The highest BCUT2D eigenvalue weighted by molar-refractivity contribution is 8.03. The zero-order valence-corrected chi connectivity index (χ0v) is 15.2. The largest absolute Gasteiger partial charge is 0.480 e. The summed E-state index contributed by atoms with van der Waals surface area (Å²) in [5, 5.41) is 11.6. The summed E-state index contributed by atoms with van der Waals surface area (Å²) >= 11 is 3.22. The number of carbonyl (C=O) groups excluding carboxylic acids is 1. The van der Waals surface area contributed by atoms with Crippen molar-refractivity contribution in [1.29, 1.82) is 0 Å². The minimum Gasteiger partial charge on any atom is -0.480 e. The third-order valence-corrected chi connectivity index (χ3v) is 4.85. The lowest BCUT2D eigenvalue weighted by atomic mass is 10.2. The predicted molar refractivity (Wildman–Crippen MR) is 95.3 cm³/mol. The summed E-state index contributed by atoms with van der Waals surface area (Å²) in [7, 11) is 0. The average Bonchev–Trinajstić information content (AvgIpc) is 2.44. The maximum atomic E-state index is 11.6. The minimum atomic E-state index is -1.06. The van der Waals surface area contributed by atoms with Crippen molar-refractivity contribution in [3.63, 3.8) is 0 Å².